The first-order valence-corrected chi connectivity index (χ1v) is 5.31. The lowest BCUT2D eigenvalue weighted by molar-refractivity contribution is 0.275. The molecule has 2 saturated carbocycles. The van der Waals surface area contributed by atoms with Gasteiger partial charge in [-0.25, -0.2) is 0 Å². The zero-order chi connectivity index (χ0) is 8.13. The molecular formula is C10H18N2. The summed E-state index contributed by atoms with van der Waals surface area (Å²) >= 11 is 0. The standard InChI is InChI=1S/C10H18N2/c11-3-8-9-5-12(6-10(8)9)4-7-1-2-7/h7-10H,1-6,11H2. The minimum Gasteiger partial charge on any atom is -0.330 e. The van der Waals surface area contributed by atoms with Crippen molar-refractivity contribution in [3.8, 4) is 0 Å². The zero-order valence-electron chi connectivity index (χ0n) is 7.58. The molecule has 3 rings (SSSR count). The van der Waals surface area contributed by atoms with E-state index >= 15 is 0 Å². The molecule has 3 fully saturated rings. The van der Waals surface area contributed by atoms with Gasteiger partial charge in [-0.3, -0.25) is 0 Å². The van der Waals surface area contributed by atoms with Crippen molar-refractivity contribution < 1.29 is 0 Å². The number of nitrogens with zero attached hydrogens (tertiary/aromatic N) is 1. The molecule has 2 N–H and O–H groups in total. The van der Waals surface area contributed by atoms with Crippen LogP contribution in [0.5, 0.6) is 0 Å². The fourth-order valence-corrected chi connectivity index (χ4v) is 2.90. The van der Waals surface area contributed by atoms with Crippen LogP contribution in [-0.4, -0.2) is 31.1 Å². The van der Waals surface area contributed by atoms with Crippen molar-refractivity contribution in [3.05, 3.63) is 0 Å². The molecule has 3 aliphatic rings. The Bertz CT molecular complexity index is 176. The van der Waals surface area contributed by atoms with Crippen LogP contribution in [0.1, 0.15) is 12.8 Å². The van der Waals surface area contributed by atoms with E-state index in [0.717, 1.165) is 30.2 Å². The molecule has 1 saturated heterocycles. The zero-order valence-corrected chi connectivity index (χ0v) is 7.58. The molecule has 68 valence electrons. The summed E-state index contributed by atoms with van der Waals surface area (Å²) in [6.07, 6.45) is 2.98. The molecule has 2 aliphatic carbocycles. The van der Waals surface area contributed by atoms with Crippen LogP contribution in [0.15, 0.2) is 0 Å². The van der Waals surface area contributed by atoms with Crippen molar-refractivity contribution in [1.82, 2.24) is 4.90 Å². The quantitative estimate of drug-likeness (QED) is 0.663. The number of nitrogens with two attached hydrogens (primary N) is 1. The molecule has 1 heterocycles. The second-order valence-electron chi connectivity index (χ2n) is 4.89. The minimum atomic E-state index is 0.903. The van der Waals surface area contributed by atoms with Crippen LogP contribution in [0.3, 0.4) is 0 Å². The van der Waals surface area contributed by atoms with Gasteiger partial charge >= 0.3 is 0 Å². The van der Waals surface area contributed by atoms with Crippen LogP contribution >= 0.6 is 0 Å². The smallest absolute Gasteiger partial charge is 0.00164 e. The highest BCUT2D eigenvalue weighted by atomic mass is 15.2. The van der Waals surface area contributed by atoms with Gasteiger partial charge in [0.05, 0.1) is 0 Å². The normalized spacial score (nSPS) is 46.2. The van der Waals surface area contributed by atoms with Gasteiger partial charge in [0.2, 0.25) is 0 Å². The second-order valence-corrected chi connectivity index (χ2v) is 4.89. The average molecular weight is 166 g/mol. The highest BCUT2D eigenvalue weighted by molar-refractivity contribution is 5.05. The molecule has 0 spiro atoms. The molecular weight excluding hydrogens is 148 g/mol. The van der Waals surface area contributed by atoms with Crippen molar-refractivity contribution >= 4 is 0 Å². The number of likely N-dealkylation sites (tertiary alicyclic amines) is 1. The van der Waals surface area contributed by atoms with Gasteiger partial charge in [-0.1, -0.05) is 0 Å². The fourth-order valence-electron chi connectivity index (χ4n) is 2.90. The topological polar surface area (TPSA) is 29.3 Å². The van der Waals surface area contributed by atoms with E-state index in [4.69, 9.17) is 5.73 Å². The Morgan fingerprint density at radius 1 is 1.17 bits per heavy atom. The summed E-state index contributed by atoms with van der Waals surface area (Å²) in [5.41, 5.74) is 5.66. The van der Waals surface area contributed by atoms with Gasteiger partial charge < -0.3 is 10.6 Å². The van der Waals surface area contributed by atoms with E-state index in [1.807, 2.05) is 0 Å². The van der Waals surface area contributed by atoms with Gasteiger partial charge in [-0.05, 0) is 43.1 Å². The highest BCUT2D eigenvalue weighted by Gasteiger charge is 2.54. The maximum Gasteiger partial charge on any atom is 0.00164 e. The van der Waals surface area contributed by atoms with E-state index in [2.05, 4.69) is 4.90 Å². The van der Waals surface area contributed by atoms with E-state index < -0.39 is 0 Å². The Balaban J connectivity index is 1.49. The average Bonchev–Trinajstić information content (AvgIpc) is 2.94. The lowest BCUT2D eigenvalue weighted by Crippen LogP contribution is -2.28. The molecule has 2 unspecified atom stereocenters. The van der Waals surface area contributed by atoms with Crippen molar-refractivity contribution in [2.45, 2.75) is 12.8 Å². The largest absolute Gasteiger partial charge is 0.330 e. The Kier molecular flexibility index (Phi) is 1.50. The third kappa shape index (κ3) is 1.09. The minimum absolute atomic E-state index is 0.903. The Morgan fingerprint density at radius 3 is 2.33 bits per heavy atom. The highest BCUT2D eigenvalue weighted by Crippen LogP contribution is 2.51. The first kappa shape index (κ1) is 7.34. The molecule has 0 aromatic rings. The van der Waals surface area contributed by atoms with E-state index in [0.29, 0.717) is 0 Å². The number of hydrogen-bond donors (Lipinski definition) is 1. The molecule has 12 heavy (non-hydrogen) atoms. The molecule has 2 heteroatoms. The third-order valence-electron chi connectivity index (χ3n) is 3.93. The third-order valence-corrected chi connectivity index (χ3v) is 3.93. The first-order chi connectivity index (χ1) is 5.88. The van der Waals surface area contributed by atoms with E-state index in [9.17, 15) is 0 Å². The molecule has 0 aromatic heterocycles. The maximum atomic E-state index is 5.66. The number of piperidine rings is 1. The fraction of sp³-hybridized carbons (Fsp3) is 1.00. The lowest BCUT2D eigenvalue weighted by Gasteiger charge is -2.18. The maximum absolute atomic E-state index is 5.66. The Labute approximate surface area is 74.1 Å². The van der Waals surface area contributed by atoms with Crippen LogP contribution in [-0.2, 0) is 0 Å². The van der Waals surface area contributed by atoms with Gasteiger partial charge in [0.25, 0.3) is 0 Å². The van der Waals surface area contributed by atoms with E-state index in [1.165, 1.54) is 32.5 Å². The summed E-state index contributed by atoms with van der Waals surface area (Å²) < 4.78 is 0. The van der Waals surface area contributed by atoms with E-state index in [1.54, 1.807) is 0 Å². The van der Waals surface area contributed by atoms with Crippen molar-refractivity contribution in [2.75, 3.05) is 26.2 Å². The molecule has 0 bridgehead atoms. The second kappa shape index (κ2) is 2.46. The predicted octanol–water partition coefficient (Wildman–Crippen LogP) is 0.533. The number of fused-ring (bicyclic) bond motifs is 1. The molecule has 0 amide bonds. The van der Waals surface area contributed by atoms with Crippen LogP contribution in [0.4, 0.5) is 0 Å². The number of hydrogen-bond acceptors (Lipinski definition) is 2. The van der Waals surface area contributed by atoms with Gasteiger partial charge in [-0.15, -0.1) is 0 Å². The van der Waals surface area contributed by atoms with Crippen LogP contribution in [0.2, 0.25) is 0 Å². The summed E-state index contributed by atoms with van der Waals surface area (Å²) in [5.74, 6) is 3.96. The summed E-state index contributed by atoms with van der Waals surface area (Å²) in [6, 6.07) is 0. The van der Waals surface area contributed by atoms with E-state index in [-0.39, 0.29) is 0 Å². The number of rotatable bonds is 3. The molecule has 2 atom stereocenters. The van der Waals surface area contributed by atoms with Crippen LogP contribution in [0.25, 0.3) is 0 Å². The summed E-state index contributed by atoms with van der Waals surface area (Å²) in [7, 11) is 0. The Hall–Kier alpha value is -0.0800. The summed E-state index contributed by atoms with van der Waals surface area (Å²) in [5, 5.41) is 0. The Morgan fingerprint density at radius 2 is 1.83 bits per heavy atom. The van der Waals surface area contributed by atoms with Crippen molar-refractivity contribution in [2.24, 2.45) is 29.4 Å². The van der Waals surface area contributed by atoms with Crippen molar-refractivity contribution in [1.29, 1.82) is 0 Å². The molecule has 2 nitrogen and oxygen atoms in total. The van der Waals surface area contributed by atoms with Gasteiger partial charge in [0.1, 0.15) is 0 Å². The van der Waals surface area contributed by atoms with Crippen LogP contribution in [0, 0.1) is 23.7 Å². The molecule has 0 aromatic carbocycles. The monoisotopic (exact) mass is 166 g/mol. The van der Waals surface area contributed by atoms with Gasteiger partial charge in [0, 0.05) is 19.6 Å². The predicted molar refractivity (Wildman–Crippen MR) is 48.7 cm³/mol. The van der Waals surface area contributed by atoms with Gasteiger partial charge in [-0.2, -0.15) is 0 Å². The lowest BCUT2D eigenvalue weighted by atomic mass is 10.2. The van der Waals surface area contributed by atoms with Crippen molar-refractivity contribution in [3.63, 3.8) is 0 Å². The summed E-state index contributed by atoms with van der Waals surface area (Å²) in [6.45, 7) is 5.06. The van der Waals surface area contributed by atoms with Gasteiger partial charge in [0.15, 0.2) is 0 Å². The summed E-state index contributed by atoms with van der Waals surface area (Å²) in [4.78, 5) is 2.67. The molecule has 0 radical (unpaired) electrons. The SMILES string of the molecule is NCC1C2CN(CC3CC3)CC12. The molecule has 1 aliphatic heterocycles. The van der Waals surface area contributed by atoms with Crippen LogP contribution < -0.4 is 5.73 Å². The first-order valence-electron chi connectivity index (χ1n) is 5.31.